The summed E-state index contributed by atoms with van der Waals surface area (Å²) in [6.45, 7) is -2.47. The van der Waals surface area contributed by atoms with Crippen LogP contribution < -0.4 is 11.1 Å². The Hall–Kier alpha value is -2.83. The van der Waals surface area contributed by atoms with Crippen LogP contribution in [0.3, 0.4) is 0 Å². The molecule has 2 fully saturated rings. The van der Waals surface area contributed by atoms with Gasteiger partial charge in [-0.25, -0.2) is 42.8 Å². The highest BCUT2D eigenvalue weighted by Crippen LogP contribution is 2.74. The number of rotatable bonds is 16. The lowest BCUT2D eigenvalue weighted by Crippen LogP contribution is -2.34. The third kappa shape index (κ3) is 9.80. The molecule has 11 atom stereocenters. The molecule has 2 saturated heterocycles. The third-order valence-electron chi connectivity index (χ3n) is 7.57. The number of aromatic nitrogens is 8. The topological polar surface area (TPSA) is 468 Å². The van der Waals surface area contributed by atoms with Crippen molar-refractivity contribution in [2.24, 2.45) is 0 Å². The maximum atomic E-state index is 13.9. The second-order valence-electron chi connectivity index (χ2n) is 11.5. The van der Waals surface area contributed by atoms with E-state index < -0.39 is 113 Å². The van der Waals surface area contributed by atoms with E-state index in [4.69, 9.17) is 28.3 Å². The predicted octanol–water partition coefficient (Wildman–Crippen LogP) is -2.91. The molecule has 4 aromatic rings. The van der Waals surface area contributed by atoms with Crippen molar-refractivity contribution < 1.29 is 103 Å². The summed E-state index contributed by atoms with van der Waals surface area (Å²) in [4.78, 5) is 90.9. The van der Waals surface area contributed by atoms with Crippen molar-refractivity contribution in [2.45, 2.75) is 49.1 Å². The number of nitrogens with zero attached hydrogens (tertiary/aromatic N) is 6. The van der Waals surface area contributed by atoms with Crippen LogP contribution in [-0.4, -0.2) is 134 Å². The van der Waals surface area contributed by atoms with E-state index in [1.54, 1.807) is 0 Å². The van der Waals surface area contributed by atoms with Gasteiger partial charge in [0.05, 0.1) is 38.5 Å². The third-order valence-corrected chi connectivity index (χ3v) is 15.1. The molecular weight excluding hydrogens is 891 g/mol. The first-order chi connectivity index (χ1) is 26.4. The Bertz CT molecular complexity index is 2380. The minimum absolute atomic E-state index is 0.136. The first kappa shape index (κ1) is 43.7. The van der Waals surface area contributed by atoms with Crippen molar-refractivity contribution in [2.75, 3.05) is 13.2 Å². The van der Waals surface area contributed by atoms with E-state index in [0.29, 0.717) is 0 Å². The second-order valence-corrected chi connectivity index (χ2v) is 19.3. The normalized spacial score (nSPS) is 29.9. The van der Waals surface area contributed by atoms with Crippen molar-refractivity contribution in [1.29, 1.82) is 0 Å². The summed E-state index contributed by atoms with van der Waals surface area (Å²) >= 11 is 0. The summed E-state index contributed by atoms with van der Waals surface area (Å²) < 4.78 is 99.7. The maximum Gasteiger partial charge on any atom is 0.490 e. The minimum Gasteiger partial charge on any atom is -0.387 e. The molecule has 2 aliphatic heterocycles. The number of imidazole rings is 2. The quantitative estimate of drug-likeness (QED) is 0.0502. The van der Waals surface area contributed by atoms with Gasteiger partial charge in [0.1, 0.15) is 36.6 Å². The van der Waals surface area contributed by atoms with Gasteiger partial charge >= 0.3 is 39.1 Å². The van der Waals surface area contributed by atoms with Crippen molar-refractivity contribution in [3.05, 3.63) is 46.0 Å². The molecule has 0 bridgehead atoms. The first-order valence-corrected chi connectivity index (χ1v) is 22.5. The van der Waals surface area contributed by atoms with Crippen molar-refractivity contribution in [3.8, 4) is 0 Å². The summed E-state index contributed by atoms with van der Waals surface area (Å²) in [6, 6.07) is 0. The molecule has 316 valence electrons. The molecule has 0 saturated carbocycles. The zero-order valence-electron chi connectivity index (χ0n) is 27.4. The molecule has 0 amide bonds. The first-order valence-electron chi connectivity index (χ1n) is 15.0. The van der Waals surface area contributed by atoms with Gasteiger partial charge in [0.2, 0.25) is 0 Å². The highest BCUT2D eigenvalue weighted by molar-refractivity contribution is 7.71. The lowest BCUT2D eigenvalue weighted by molar-refractivity contribution is -0.0607. The van der Waals surface area contributed by atoms with Gasteiger partial charge in [0, 0.05) is 0 Å². The van der Waals surface area contributed by atoms with E-state index in [-0.39, 0.29) is 22.3 Å². The molecule has 6 rings (SSSR count). The summed E-state index contributed by atoms with van der Waals surface area (Å²) in [6.07, 6.45) is -10.3. The van der Waals surface area contributed by atoms with Crippen LogP contribution in [0.1, 0.15) is 12.5 Å². The van der Waals surface area contributed by atoms with Crippen LogP contribution >= 0.6 is 39.1 Å². The number of aliphatic hydroxyl groups excluding tert-OH is 4. The number of hydrogen-bond acceptors (Lipinski definition) is 23. The van der Waals surface area contributed by atoms with Crippen LogP contribution in [-0.2, 0) is 58.6 Å². The van der Waals surface area contributed by atoms with Crippen molar-refractivity contribution in [1.82, 2.24) is 39.0 Å². The summed E-state index contributed by atoms with van der Waals surface area (Å²) in [5.41, 5.74) is -2.07. The number of fused-ring (bicyclic) bond motifs is 2. The predicted molar refractivity (Wildman–Crippen MR) is 174 cm³/mol. The SMILES string of the molecule is O=c1[nH]cnc2c1ncn2[C@@H]1O[C@H](COP(=O)(OC[C@H]2O[C@@H](n3cnc4c(=O)[nH]cnc43)C(O)C2O)OP(=O)(O)OP(=O)(O)OP(=O)(O)OP(=O)(O)O)C(O)C1O. The van der Waals surface area contributed by atoms with Gasteiger partial charge in [0.25, 0.3) is 11.1 Å². The van der Waals surface area contributed by atoms with Gasteiger partial charge in [-0.3, -0.25) is 27.8 Å². The summed E-state index contributed by atoms with van der Waals surface area (Å²) in [5.74, 6) is 0. The Morgan fingerprint density at radius 3 is 1.39 bits per heavy atom. The van der Waals surface area contributed by atoms with E-state index in [9.17, 15) is 67.5 Å². The van der Waals surface area contributed by atoms with Crippen LogP contribution in [0.15, 0.2) is 34.9 Å². The molecule has 0 spiro atoms. The van der Waals surface area contributed by atoms with E-state index in [1.807, 2.05) is 0 Å². The van der Waals surface area contributed by atoms with Crippen LogP contribution in [0.5, 0.6) is 0 Å². The highest BCUT2D eigenvalue weighted by atomic mass is 31.3. The Balaban J connectivity index is 1.22. The second kappa shape index (κ2) is 16.0. The molecule has 4 aromatic heterocycles. The molecule has 7 unspecified atom stereocenters. The van der Waals surface area contributed by atoms with E-state index in [1.165, 1.54) is 0 Å². The zero-order valence-corrected chi connectivity index (χ0v) is 31.9. The Morgan fingerprint density at radius 2 is 0.982 bits per heavy atom. The Morgan fingerprint density at radius 1 is 0.596 bits per heavy atom. The lowest BCUT2D eigenvalue weighted by Gasteiger charge is -2.24. The van der Waals surface area contributed by atoms with Crippen LogP contribution in [0.2, 0.25) is 0 Å². The molecule has 37 heteroatoms. The molecule has 2 aliphatic rings. The number of aliphatic hydroxyl groups is 4. The summed E-state index contributed by atoms with van der Waals surface area (Å²) in [7, 11) is -31.0. The van der Waals surface area contributed by atoms with Gasteiger partial charge in [0.15, 0.2) is 34.8 Å². The fourth-order valence-corrected chi connectivity index (χ4v) is 11.7. The minimum atomic E-state index is -6.47. The van der Waals surface area contributed by atoms with Crippen molar-refractivity contribution >= 4 is 61.4 Å². The number of ether oxygens (including phenoxy) is 2. The highest BCUT2D eigenvalue weighted by Gasteiger charge is 2.52. The standard InChI is InChI=1S/C20H27N8O24P5/c29-11-7(47-19(13(11)31)27-5-25-9-15(27)21-3-23-17(9)33)1-45-57(44,52-56(42,43)51-55(40,41)50-54(38,39)49-53(35,36)37)46-2-8-12(30)14(32)20(48-8)28-6-26-10-16(28)22-4-24-18(10)34/h3-8,11-14,19-20,29-32H,1-2H2,(H,38,39)(H,40,41)(H,42,43)(H,21,23,33)(H,22,24,34)(H2,35,36,37)/t7-,8-,11?,12?,13?,14?,19-,20-,57?/m1/s1. The van der Waals surface area contributed by atoms with Gasteiger partial charge in [-0.05, 0) is 0 Å². The maximum absolute atomic E-state index is 13.9. The fraction of sp³-hybridized carbons (Fsp3) is 0.500. The Labute approximate surface area is 312 Å². The van der Waals surface area contributed by atoms with Gasteiger partial charge in [-0.2, -0.15) is 17.2 Å². The molecule has 11 N–H and O–H groups in total. The number of nitrogens with one attached hydrogen (secondary N) is 2. The van der Waals surface area contributed by atoms with Gasteiger partial charge in [-0.1, -0.05) is 0 Å². The zero-order chi connectivity index (χ0) is 41.9. The van der Waals surface area contributed by atoms with E-state index >= 15 is 0 Å². The van der Waals surface area contributed by atoms with Crippen LogP contribution in [0.4, 0.5) is 0 Å². The van der Waals surface area contributed by atoms with Crippen LogP contribution in [0.25, 0.3) is 22.3 Å². The van der Waals surface area contributed by atoms with E-state index in [2.05, 4.69) is 47.1 Å². The van der Waals surface area contributed by atoms with E-state index in [0.717, 1.165) is 34.4 Å². The smallest absolute Gasteiger partial charge is 0.387 e. The number of hydrogen-bond donors (Lipinski definition) is 11. The average molecular weight is 918 g/mol. The molecule has 6 heterocycles. The molecule has 0 radical (unpaired) electrons. The van der Waals surface area contributed by atoms with Crippen LogP contribution in [0, 0.1) is 0 Å². The lowest BCUT2D eigenvalue weighted by atomic mass is 10.1. The molecular formula is C20H27N8O24P5. The monoisotopic (exact) mass is 918 g/mol. The fourth-order valence-electron chi connectivity index (χ4n) is 5.27. The van der Waals surface area contributed by atoms with Gasteiger partial charge < -0.3 is 64.3 Å². The summed E-state index contributed by atoms with van der Waals surface area (Å²) in [5, 5.41) is 42.9. The largest absolute Gasteiger partial charge is 0.490 e. The molecule has 57 heavy (non-hydrogen) atoms. The molecule has 0 aliphatic carbocycles. The number of aromatic amines is 2. The molecule has 32 nitrogen and oxygen atoms in total. The molecule has 0 aromatic carbocycles. The number of phosphoric acid groups is 5. The number of phosphoric ester groups is 1. The van der Waals surface area contributed by atoms with Gasteiger partial charge in [-0.15, -0.1) is 0 Å². The van der Waals surface area contributed by atoms with Crippen molar-refractivity contribution in [3.63, 3.8) is 0 Å². The number of H-pyrrole nitrogens is 2. The Kier molecular flexibility index (Phi) is 12.3. The average Bonchev–Trinajstić information content (AvgIpc) is 3.83.